The molecule has 1 aromatic rings. The second kappa shape index (κ2) is 7.66. The quantitative estimate of drug-likeness (QED) is 0.895. The fourth-order valence-corrected chi connectivity index (χ4v) is 4.96. The van der Waals surface area contributed by atoms with Crippen molar-refractivity contribution in [2.75, 3.05) is 31.1 Å². The molecule has 0 spiro atoms. The molecule has 2 fully saturated rings. The molecule has 3 unspecified atom stereocenters. The Morgan fingerprint density at radius 3 is 2.86 bits per heavy atom. The lowest BCUT2D eigenvalue weighted by Gasteiger charge is -2.42. The summed E-state index contributed by atoms with van der Waals surface area (Å²) >= 11 is 2.14. The van der Waals surface area contributed by atoms with Gasteiger partial charge in [0.2, 0.25) is 0 Å². The van der Waals surface area contributed by atoms with E-state index in [1.807, 2.05) is 0 Å². The van der Waals surface area contributed by atoms with Crippen LogP contribution < -0.4 is 5.32 Å². The molecule has 3 atom stereocenters. The molecule has 2 saturated heterocycles. The smallest absolute Gasteiger partial charge is 0.0473 e. The van der Waals surface area contributed by atoms with Crippen LogP contribution >= 0.6 is 11.8 Å². The summed E-state index contributed by atoms with van der Waals surface area (Å²) in [6, 6.07) is 12.3. The van der Waals surface area contributed by atoms with Crippen molar-refractivity contribution in [3.8, 4) is 0 Å². The molecule has 0 amide bonds. The molecule has 0 aromatic heterocycles. The molecule has 1 N–H and O–H groups in total. The van der Waals surface area contributed by atoms with Crippen LogP contribution in [0.15, 0.2) is 30.3 Å². The zero-order chi connectivity index (χ0) is 14.5. The van der Waals surface area contributed by atoms with Gasteiger partial charge in [-0.25, -0.2) is 0 Å². The standard InChI is InChI=1S/C18H28N2S/c1-2-6-17-13-20(12-15-9-10-21-14-15)18(11-19-17)16-7-4-3-5-8-16/h3-5,7-8,15,17-19H,2,6,9-14H2,1H3. The van der Waals surface area contributed by atoms with Gasteiger partial charge < -0.3 is 5.32 Å². The highest BCUT2D eigenvalue weighted by atomic mass is 32.2. The van der Waals surface area contributed by atoms with Crippen molar-refractivity contribution in [2.24, 2.45) is 5.92 Å². The average Bonchev–Trinajstić information content (AvgIpc) is 3.02. The van der Waals surface area contributed by atoms with Crippen LogP contribution in [0.5, 0.6) is 0 Å². The normalized spacial score (nSPS) is 30.6. The first-order chi connectivity index (χ1) is 10.4. The molecule has 2 nitrogen and oxygen atoms in total. The summed E-state index contributed by atoms with van der Waals surface area (Å²) in [5.74, 6) is 3.64. The van der Waals surface area contributed by atoms with Crippen molar-refractivity contribution in [1.82, 2.24) is 10.2 Å². The Bertz CT molecular complexity index is 416. The Kier molecular flexibility index (Phi) is 5.61. The van der Waals surface area contributed by atoms with Gasteiger partial charge in [-0.15, -0.1) is 0 Å². The van der Waals surface area contributed by atoms with Crippen LogP contribution in [0.1, 0.15) is 37.8 Å². The Hall–Kier alpha value is -0.510. The Balaban J connectivity index is 1.70. The van der Waals surface area contributed by atoms with Gasteiger partial charge in [0.05, 0.1) is 0 Å². The molecule has 3 heteroatoms. The van der Waals surface area contributed by atoms with E-state index in [0.717, 1.165) is 12.5 Å². The molecule has 2 aliphatic heterocycles. The number of nitrogens with one attached hydrogen (secondary N) is 1. The predicted octanol–water partition coefficient (Wildman–Crippen LogP) is 3.55. The second-order valence-electron chi connectivity index (χ2n) is 6.50. The third-order valence-corrected chi connectivity index (χ3v) is 6.07. The zero-order valence-corrected chi connectivity index (χ0v) is 13.9. The van der Waals surface area contributed by atoms with Crippen molar-refractivity contribution < 1.29 is 0 Å². The molecule has 2 heterocycles. The van der Waals surface area contributed by atoms with E-state index in [4.69, 9.17) is 0 Å². The van der Waals surface area contributed by atoms with E-state index in [2.05, 4.69) is 59.2 Å². The molecule has 21 heavy (non-hydrogen) atoms. The van der Waals surface area contributed by atoms with Crippen LogP contribution in [0.2, 0.25) is 0 Å². The summed E-state index contributed by atoms with van der Waals surface area (Å²) < 4.78 is 0. The monoisotopic (exact) mass is 304 g/mol. The topological polar surface area (TPSA) is 15.3 Å². The average molecular weight is 305 g/mol. The molecular formula is C18H28N2S. The minimum Gasteiger partial charge on any atom is -0.311 e. The molecule has 0 saturated carbocycles. The van der Waals surface area contributed by atoms with E-state index in [9.17, 15) is 0 Å². The van der Waals surface area contributed by atoms with Crippen molar-refractivity contribution in [2.45, 2.75) is 38.3 Å². The Labute approximate surface area is 133 Å². The maximum atomic E-state index is 3.78. The number of rotatable bonds is 5. The van der Waals surface area contributed by atoms with Crippen molar-refractivity contribution in [3.63, 3.8) is 0 Å². The first-order valence-electron chi connectivity index (χ1n) is 8.47. The first kappa shape index (κ1) is 15.4. The minimum atomic E-state index is 0.560. The van der Waals surface area contributed by atoms with E-state index in [-0.39, 0.29) is 0 Å². The van der Waals surface area contributed by atoms with Crippen LogP contribution in [-0.2, 0) is 0 Å². The number of nitrogens with zero attached hydrogens (tertiary/aromatic N) is 1. The third kappa shape index (κ3) is 4.02. The minimum absolute atomic E-state index is 0.560. The van der Waals surface area contributed by atoms with Gasteiger partial charge in [-0.05, 0) is 35.8 Å². The third-order valence-electron chi connectivity index (χ3n) is 4.83. The molecule has 2 aliphatic rings. The van der Waals surface area contributed by atoms with Crippen LogP contribution in [0, 0.1) is 5.92 Å². The van der Waals surface area contributed by atoms with E-state index in [1.165, 1.54) is 49.4 Å². The molecular weight excluding hydrogens is 276 g/mol. The highest BCUT2D eigenvalue weighted by Crippen LogP contribution is 2.30. The van der Waals surface area contributed by atoms with Crippen LogP contribution in [-0.4, -0.2) is 42.1 Å². The zero-order valence-electron chi connectivity index (χ0n) is 13.1. The lowest BCUT2D eigenvalue weighted by atomic mass is 9.97. The van der Waals surface area contributed by atoms with E-state index >= 15 is 0 Å². The summed E-state index contributed by atoms with van der Waals surface area (Å²) in [6.07, 6.45) is 3.99. The fourth-order valence-electron chi connectivity index (χ4n) is 3.69. The number of hydrogen-bond acceptors (Lipinski definition) is 3. The van der Waals surface area contributed by atoms with Crippen molar-refractivity contribution in [1.29, 1.82) is 0 Å². The van der Waals surface area contributed by atoms with Crippen LogP contribution in [0.3, 0.4) is 0 Å². The molecule has 0 aliphatic carbocycles. The fraction of sp³-hybridized carbons (Fsp3) is 0.667. The van der Waals surface area contributed by atoms with E-state index < -0.39 is 0 Å². The summed E-state index contributed by atoms with van der Waals surface area (Å²) in [6.45, 7) is 5.90. The largest absolute Gasteiger partial charge is 0.311 e. The highest BCUT2D eigenvalue weighted by Gasteiger charge is 2.30. The molecule has 116 valence electrons. The van der Waals surface area contributed by atoms with Gasteiger partial charge >= 0.3 is 0 Å². The maximum absolute atomic E-state index is 3.78. The summed E-state index contributed by atoms with van der Waals surface area (Å²) in [7, 11) is 0. The lowest BCUT2D eigenvalue weighted by Crippen LogP contribution is -2.53. The number of hydrogen-bond donors (Lipinski definition) is 1. The Morgan fingerprint density at radius 1 is 1.29 bits per heavy atom. The summed E-state index contributed by atoms with van der Waals surface area (Å²) in [4.78, 5) is 2.77. The van der Waals surface area contributed by atoms with Gasteiger partial charge in [-0.2, -0.15) is 11.8 Å². The summed E-state index contributed by atoms with van der Waals surface area (Å²) in [5, 5.41) is 3.78. The Morgan fingerprint density at radius 2 is 2.14 bits per heavy atom. The van der Waals surface area contributed by atoms with Gasteiger partial charge in [-0.1, -0.05) is 43.7 Å². The lowest BCUT2D eigenvalue weighted by molar-refractivity contribution is 0.110. The van der Waals surface area contributed by atoms with Crippen molar-refractivity contribution in [3.05, 3.63) is 35.9 Å². The molecule has 0 bridgehead atoms. The van der Waals surface area contributed by atoms with Gasteiger partial charge in [0.1, 0.15) is 0 Å². The number of thioether (sulfide) groups is 1. The van der Waals surface area contributed by atoms with Crippen LogP contribution in [0.25, 0.3) is 0 Å². The van der Waals surface area contributed by atoms with Gasteiger partial charge in [0, 0.05) is 31.7 Å². The number of benzene rings is 1. The molecule has 1 aromatic carbocycles. The van der Waals surface area contributed by atoms with E-state index in [1.54, 1.807) is 0 Å². The number of piperazine rings is 1. The van der Waals surface area contributed by atoms with Gasteiger partial charge in [0.15, 0.2) is 0 Å². The second-order valence-corrected chi connectivity index (χ2v) is 7.65. The predicted molar refractivity (Wildman–Crippen MR) is 92.9 cm³/mol. The van der Waals surface area contributed by atoms with Gasteiger partial charge in [0.25, 0.3) is 0 Å². The maximum Gasteiger partial charge on any atom is 0.0473 e. The van der Waals surface area contributed by atoms with E-state index in [0.29, 0.717) is 12.1 Å². The van der Waals surface area contributed by atoms with Crippen molar-refractivity contribution >= 4 is 11.8 Å². The molecule has 3 rings (SSSR count). The molecule has 0 radical (unpaired) electrons. The van der Waals surface area contributed by atoms with Gasteiger partial charge in [-0.3, -0.25) is 4.90 Å². The first-order valence-corrected chi connectivity index (χ1v) is 9.62. The van der Waals surface area contributed by atoms with Crippen LogP contribution in [0.4, 0.5) is 0 Å². The SMILES string of the molecule is CCCC1CN(CC2CCSC2)C(c2ccccc2)CN1. The summed E-state index contributed by atoms with van der Waals surface area (Å²) in [5.41, 5.74) is 1.48. The highest BCUT2D eigenvalue weighted by molar-refractivity contribution is 7.99.